The second kappa shape index (κ2) is 6.07. The van der Waals surface area contributed by atoms with Crippen molar-refractivity contribution < 1.29 is 4.92 Å². The molecule has 1 atom stereocenters. The van der Waals surface area contributed by atoms with Crippen LogP contribution in [0.1, 0.15) is 25.3 Å². The highest BCUT2D eigenvalue weighted by atomic mass is 35.5. The number of nitrogens with zero attached hydrogens (tertiary/aromatic N) is 1. The van der Waals surface area contributed by atoms with Crippen molar-refractivity contribution >= 4 is 28.9 Å². The quantitative estimate of drug-likeness (QED) is 0.642. The van der Waals surface area contributed by atoms with Gasteiger partial charge in [0.05, 0.1) is 15.0 Å². The number of rotatable bonds is 6. The highest BCUT2D eigenvalue weighted by molar-refractivity contribution is 6.42. The van der Waals surface area contributed by atoms with Gasteiger partial charge in [-0.05, 0) is 37.8 Å². The lowest BCUT2D eigenvalue weighted by molar-refractivity contribution is -0.385. The number of nitrogens with one attached hydrogen (secondary N) is 1. The summed E-state index contributed by atoms with van der Waals surface area (Å²) in [4.78, 5) is 10.7. The number of halogens is 2. The van der Waals surface area contributed by atoms with Gasteiger partial charge < -0.3 is 5.32 Å². The van der Waals surface area contributed by atoms with Gasteiger partial charge >= 0.3 is 0 Å². The summed E-state index contributed by atoms with van der Waals surface area (Å²) in [6.45, 7) is 2.90. The van der Waals surface area contributed by atoms with Crippen LogP contribution in [0.4, 0.5) is 5.69 Å². The Hall–Kier alpha value is -0.840. The van der Waals surface area contributed by atoms with Crippen molar-refractivity contribution in [3.8, 4) is 0 Å². The van der Waals surface area contributed by atoms with E-state index in [1.165, 1.54) is 18.9 Å². The van der Waals surface area contributed by atoms with Crippen molar-refractivity contribution in [2.45, 2.75) is 32.2 Å². The molecule has 1 unspecified atom stereocenters. The van der Waals surface area contributed by atoms with E-state index in [1.807, 2.05) is 6.92 Å². The normalized spacial score (nSPS) is 16.4. The maximum absolute atomic E-state index is 11.1. The first-order valence-corrected chi connectivity index (χ1v) is 7.14. The maximum Gasteiger partial charge on any atom is 0.274 e. The van der Waals surface area contributed by atoms with Crippen LogP contribution < -0.4 is 5.32 Å². The topological polar surface area (TPSA) is 55.2 Å². The van der Waals surface area contributed by atoms with Crippen LogP contribution in [0.25, 0.3) is 0 Å². The van der Waals surface area contributed by atoms with Crippen LogP contribution in [0.15, 0.2) is 12.1 Å². The van der Waals surface area contributed by atoms with E-state index in [2.05, 4.69) is 5.32 Å². The molecule has 1 aliphatic carbocycles. The van der Waals surface area contributed by atoms with Crippen molar-refractivity contribution in [1.82, 2.24) is 5.32 Å². The van der Waals surface area contributed by atoms with Gasteiger partial charge in [0.1, 0.15) is 0 Å². The fourth-order valence-corrected chi connectivity index (χ4v) is 2.66. The van der Waals surface area contributed by atoms with E-state index >= 15 is 0 Å². The Morgan fingerprint density at radius 3 is 2.58 bits per heavy atom. The van der Waals surface area contributed by atoms with Crippen LogP contribution in [0.3, 0.4) is 0 Å². The second-order valence-corrected chi connectivity index (χ2v) is 5.67. The molecule has 1 aliphatic rings. The molecule has 0 spiro atoms. The number of likely N-dealkylation sites (N-methyl/N-ethyl adjacent to an activating group) is 1. The minimum absolute atomic E-state index is 0.0537. The fourth-order valence-electron chi connectivity index (χ4n) is 2.31. The summed E-state index contributed by atoms with van der Waals surface area (Å²) >= 11 is 11.8. The molecule has 1 aromatic rings. The summed E-state index contributed by atoms with van der Waals surface area (Å²) < 4.78 is 0. The zero-order valence-electron chi connectivity index (χ0n) is 10.7. The van der Waals surface area contributed by atoms with Crippen molar-refractivity contribution in [2.75, 3.05) is 6.54 Å². The predicted octanol–water partition coefficient (Wildman–Crippen LogP) is 3.83. The number of nitro groups is 1. The molecule has 104 valence electrons. The minimum Gasteiger partial charge on any atom is -0.314 e. The smallest absolute Gasteiger partial charge is 0.274 e. The van der Waals surface area contributed by atoms with E-state index in [9.17, 15) is 10.1 Å². The molecule has 0 amide bonds. The van der Waals surface area contributed by atoms with Crippen LogP contribution in [-0.2, 0) is 6.42 Å². The van der Waals surface area contributed by atoms with Gasteiger partial charge in [0.25, 0.3) is 5.69 Å². The van der Waals surface area contributed by atoms with Gasteiger partial charge in [0.2, 0.25) is 0 Å². The van der Waals surface area contributed by atoms with Crippen LogP contribution in [0, 0.1) is 16.0 Å². The molecule has 1 fully saturated rings. The summed E-state index contributed by atoms with van der Waals surface area (Å²) in [6.07, 6.45) is 2.99. The SMILES string of the molecule is CCNC(Cc1cc(Cl)c(Cl)cc1[N+](=O)[O-])C1CC1. The van der Waals surface area contributed by atoms with E-state index < -0.39 is 4.92 Å². The molecule has 4 nitrogen and oxygen atoms in total. The Balaban J connectivity index is 2.26. The first-order chi connectivity index (χ1) is 9.02. The molecule has 0 saturated heterocycles. The average Bonchev–Trinajstić information content (AvgIpc) is 3.16. The van der Waals surface area contributed by atoms with Crippen molar-refractivity contribution in [2.24, 2.45) is 5.92 Å². The van der Waals surface area contributed by atoms with Crippen molar-refractivity contribution in [3.63, 3.8) is 0 Å². The largest absolute Gasteiger partial charge is 0.314 e. The molecule has 0 heterocycles. The molecular formula is C13H16Cl2N2O2. The number of hydrogen-bond acceptors (Lipinski definition) is 3. The summed E-state index contributed by atoms with van der Waals surface area (Å²) in [6, 6.07) is 3.24. The molecule has 0 radical (unpaired) electrons. The van der Waals surface area contributed by atoms with E-state index in [-0.39, 0.29) is 16.8 Å². The molecule has 2 rings (SSSR count). The fraction of sp³-hybridized carbons (Fsp3) is 0.538. The van der Waals surface area contributed by atoms with Crippen LogP contribution >= 0.6 is 23.2 Å². The highest BCUT2D eigenvalue weighted by Gasteiger charge is 2.32. The summed E-state index contributed by atoms with van der Waals surface area (Å²) in [7, 11) is 0. The van der Waals surface area contributed by atoms with Gasteiger partial charge in [0.15, 0.2) is 0 Å². The molecular weight excluding hydrogens is 287 g/mol. The third-order valence-corrected chi connectivity index (χ3v) is 4.14. The Morgan fingerprint density at radius 1 is 1.42 bits per heavy atom. The first-order valence-electron chi connectivity index (χ1n) is 6.38. The zero-order valence-corrected chi connectivity index (χ0v) is 12.2. The molecule has 1 N–H and O–H groups in total. The van der Waals surface area contributed by atoms with Crippen LogP contribution in [0.2, 0.25) is 10.0 Å². The lowest BCUT2D eigenvalue weighted by Gasteiger charge is -2.17. The van der Waals surface area contributed by atoms with Gasteiger partial charge in [-0.15, -0.1) is 0 Å². The Bertz CT molecular complexity index is 490. The Labute approximate surface area is 122 Å². The van der Waals surface area contributed by atoms with Gasteiger partial charge in [-0.1, -0.05) is 30.1 Å². The predicted molar refractivity (Wildman–Crippen MR) is 77.0 cm³/mol. The molecule has 19 heavy (non-hydrogen) atoms. The Morgan fingerprint density at radius 2 is 2.05 bits per heavy atom. The van der Waals surface area contributed by atoms with Crippen molar-refractivity contribution in [1.29, 1.82) is 0 Å². The van der Waals surface area contributed by atoms with E-state index in [0.29, 0.717) is 22.9 Å². The lowest BCUT2D eigenvalue weighted by atomic mass is 10.0. The van der Waals surface area contributed by atoms with E-state index in [1.54, 1.807) is 6.07 Å². The third-order valence-electron chi connectivity index (χ3n) is 3.42. The second-order valence-electron chi connectivity index (χ2n) is 4.86. The molecule has 1 saturated carbocycles. The number of nitro benzene ring substituents is 1. The monoisotopic (exact) mass is 302 g/mol. The summed E-state index contributed by atoms with van der Waals surface area (Å²) in [5.41, 5.74) is 0.704. The molecule has 0 aliphatic heterocycles. The summed E-state index contributed by atoms with van der Waals surface area (Å²) in [5, 5.41) is 15.1. The molecule has 6 heteroatoms. The highest BCUT2D eigenvalue weighted by Crippen LogP contribution is 2.37. The third kappa shape index (κ3) is 3.59. The zero-order chi connectivity index (χ0) is 14.0. The van der Waals surface area contributed by atoms with Crippen LogP contribution in [0.5, 0.6) is 0 Å². The van der Waals surface area contributed by atoms with Gasteiger partial charge in [0, 0.05) is 17.7 Å². The van der Waals surface area contributed by atoms with Crippen LogP contribution in [-0.4, -0.2) is 17.5 Å². The van der Waals surface area contributed by atoms with E-state index in [0.717, 1.165) is 6.54 Å². The van der Waals surface area contributed by atoms with Gasteiger partial charge in [-0.3, -0.25) is 10.1 Å². The van der Waals surface area contributed by atoms with E-state index in [4.69, 9.17) is 23.2 Å². The van der Waals surface area contributed by atoms with Gasteiger partial charge in [-0.25, -0.2) is 0 Å². The standard InChI is InChI=1S/C13H16Cl2N2O2/c1-2-16-12(8-3-4-8)6-9-5-10(14)11(15)7-13(9)17(18)19/h5,7-8,12,16H,2-4,6H2,1H3. The number of hydrogen-bond donors (Lipinski definition) is 1. The Kier molecular flexibility index (Phi) is 4.66. The van der Waals surface area contributed by atoms with Gasteiger partial charge in [-0.2, -0.15) is 0 Å². The average molecular weight is 303 g/mol. The molecule has 0 bridgehead atoms. The lowest BCUT2D eigenvalue weighted by Crippen LogP contribution is -2.33. The maximum atomic E-state index is 11.1. The minimum atomic E-state index is -0.395. The van der Waals surface area contributed by atoms with Crippen molar-refractivity contribution in [3.05, 3.63) is 37.9 Å². The first kappa shape index (κ1) is 14.6. The summed E-state index contributed by atoms with van der Waals surface area (Å²) in [5.74, 6) is 0.619. The number of benzene rings is 1. The molecule has 0 aromatic heterocycles. The molecule has 1 aromatic carbocycles.